The van der Waals surface area contributed by atoms with E-state index in [0.717, 1.165) is 19.6 Å². The van der Waals surface area contributed by atoms with Crippen LogP contribution in [0.15, 0.2) is 11.3 Å². The molecular formula is C17H32N6O7PS+. The van der Waals surface area contributed by atoms with Crippen LogP contribution in [0.2, 0.25) is 0 Å². The number of rotatable bonds is 8. The molecule has 1 aromatic heterocycles. The number of amidine groups is 1. The lowest BCUT2D eigenvalue weighted by Gasteiger charge is -2.48. The van der Waals surface area contributed by atoms with Crippen LogP contribution in [-0.2, 0) is 13.8 Å². The smallest absolute Gasteiger partial charge is 0.387 e. The van der Waals surface area contributed by atoms with E-state index in [0.29, 0.717) is 21.3 Å². The minimum absolute atomic E-state index is 0.396. The number of thioether (sulfide) groups is 1. The molecule has 0 radical (unpaired) electrons. The predicted octanol–water partition coefficient (Wildman–Crippen LogP) is 0.0265. The first-order valence-corrected chi connectivity index (χ1v) is 13.1. The van der Waals surface area contributed by atoms with Gasteiger partial charge in [0.15, 0.2) is 18.2 Å². The van der Waals surface area contributed by atoms with Crippen molar-refractivity contribution in [3.8, 4) is 0 Å². The summed E-state index contributed by atoms with van der Waals surface area (Å²) in [6.07, 6.45) is -2.31. The van der Waals surface area contributed by atoms with Gasteiger partial charge >= 0.3 is 7.82 Å². The molecule has 6 N–H and O–H groups in total. The van der Waals surface area contributed by atoms with Gasteiger partial charge in [-0.05, 0) is 27.0 Å². The van der Waals surface area contributed by atoms with E-state index in [2.05, 4.69) is 30.3 Å². The van der Waals surface area contributed by atoms with Gasteiger partial charge in [-0.2, -0.15) is 5.01 Å². The fourth-order valence-electron chi connectivity index (χ4n) is 4.24. The number of quaternary nitrogens is 1. The van der Waals surface area contributed by atoms with E-state index >= 15 is 0 Å². The number of aliphatic hydroxyl groups excluding tert-OH is 2. The highest BCUT2D eigenvalue weighted by Gasteiger charge is 2.48. The van der Waals surface area contributed by atoms with Gasteiger partial charge in [0.05, 0.1) is 32.6 Å². The Hall–Kier alpha value is -1.06. The first kappa shape index (κ1) is 25.6. The van der Waals surface area contributed by atoms with Crippen LogP contribution in [-0.4, -0.2) is 95.1 Å². The summed E-state index contributed by atoms with van der Waals surface area (Å²) in [6.45, 7) is 8.13. The molecule has 2 aliphatic heterocycles. The molecule has 3 unspecified atom stereocenters. The van der Waals surface area contributed by atoms with Gasteiger partial charge in [-0.15, -0.1) is 0 Å². The second-order valence-electron chi connectivity index (χ2n) is 7.62. The summed E-state index contributed by atoms with van der Waals surface area (Å²) in [5, 5.41) is 23.6. The zero-order valence-electron chi connectivity index (χ0n) is 18.5. The van der Waals surface area contributed by atoms with Gasteiger partial charge in [0, 0.05) is 0 Å². The first-order chi connectivity index (χ1) is 15.0. The Kier molecular flexibility index (Phi) is 7.72. The van der Waals surface area contributed by atoms with Crippen molar-refractivity contribution in [1.29, 1.82) is 0 Å². The molecule has 1 fully saturated rings. The molecule has 0 saturated carbocycles. The molecule has 5 atom stereocenters. The number of aliphatic hydroxyl groups is 2. The number of aromatic nitrogens is 2. The number of ether oxygens (including phenoxy) is 1. The fraction of sp³-hybridized carbons (Fsp3) is 0.765. The average molecular weight is 496 g/mol. The highest BCUT2D eigenvalue weighted by molar-refractivity contribution is 8.13. The van der Waals surface area contributed by atoms with E-state index < -0.39 is 45.1 Å². The van der Waals surface area contributed by atoms with E-state index in [1.54, 1.807) is 0 Å². The van der Waals surface area contributed by atoms with Crippen molar-refractivity contribution >= 4 is 30.6 Å². The maximum Gasteiger partial charge on any atom is 0.469 e. The maximum atomic E-state index is 11.0. The van der Waals surface area contributed by atoms with Crippen LogP contribution in [0.5, 0.6) is 0 Å². The Balaban J connectivity index is 1.94. The molecule has 32 heavy (non-hydrogen) atoms. The van der Waals surface area contributed by atoms with Crippen molar-refractivity contribution in [3.63, 3.8) is 0 Å². The van der Waals surface area contributed by atoms with Crippen molar-refractivity contribution < 1.29 is 38.4 Å². The molecule has 2 aliphatic rings. The zero-order valence-corrected chi connectivity index (χ0v) is 20.2. The fourth-order valence-corrected chi connectivity index (χ4v) is 5.23. The van der Waals surface area contributed by atoms with E-state index in [1.165, 1.54) is 22.7 Å². The number of hydrogen-bond donors (Lipinski definition) is 5. The highest BCUT2D eigenvalue weighted by atomic mass is 32.2. The Bertz CT molecular complexity index is 882. The molecule has 182 valence electrons. The van der Waals surface area contributed by atoms with Crippen molar-refractivity contribution in [2.45, 2.75) is 51.5 Å². The maximum absolute atomic E-state index is 11.0. The molecular weight excluding hydrogens is 463 g/mol. The molecule has 0 aliphatic carbocycles. The van der Waals surface area contributed by atoms with Crippen molar-refractivity contribution in [2.24, 2.45) is 10.7 Å². The third kappa shape index (κ3) is 4.49. The van der Waals surface area contributed by atoms with Gasteiger partial charge in [0.1, 0.15) is 24.0 Å². The lowest BCUT2D eigenvalue weighted by atomic mass is 10.1. The van der Waals surface area contributed by atoms with E-state index in [4.69, 9.17) is 25.2 Å². The Labute approximate surface area is 190 Å². The van der Waals surface area contributed by atoms with Crippen molar-refractivity contribution in [1.82, 2.24) is 14.6 Å². The first-order valence-electron chi connectivity index (χ1n) is 10.4. The van der Waals surface area contributed by atoms with Crippen LogP contribution in [0.25, 0.3) is 0 Å². The predicted molar refractivity (Wildman–Crippen MR) is 117 cm³/mol. The molecule has 0 amide bonds. The van der Waals surface area contributed by atoms with Crippen LogP contribution in [0.3, 0.4) is 0 Å². The molecule has 0 bridgehead atoms. The summed E-state index contributed by atoms with van der Waals surface area (Å²) in [6, 6.07) is 0. The third-order valence-corrected chi connectivity index (χ3v) is 7.29. The summed E-state index contributed by atoms with van der Waals surface area (Å²) >= 11 is 1.44. The Morgan fingerprint density at radius 2 is 1.88 bits per heavy atom. The van der Waals surface area contributed by atoms with Gasteiger partial charge < -0.3 is 30.5 Å². The lowest BCUT2D eigenvalue weighted by molar-refractivity contribution is -1.02. The quantitative estimate of drug-likeness (QED) is 0.243. The SMILES string of the molecule is CC[N+](CC)(CC)N1C(SC)=Nc2c(ncn2[C@@H]2O[C@H](COP(=O)(O)O)C(O)C2O)C1N. The van der Waals surface area contributed by atoms with Gasteiger partial charge in [0.2, 0.25) is 5.17 Å². The summed E-state index contributed by atoms with van der Waals surface area (Å²) < 4.78 is 23.2. The second-order valence-corrected chi connectivity index (χ2v) is 9.64. The molecule has 1 saturated heterocycles. The van der Waals surface area contributed by atoms with Gasteiger partial charge in [0.25, 0.3) is 0 Å². The minimum Gasteiger partial charge on any atom is -0.387 e. The normalized spacial score (nSPS) is 28.7. The van der Waals surface area contributed by atoms with Gasteiger partial charge in [-0.25, -0.2) is 19.1 Å². The average Bonchev–Trinajstić information content (AvgIpc) is 3.30. The van der Waals surface area contributed by atoms with Crippen LogP contribution >= 0.6 is 19.6 Å². The summed E-state index contributed by atoms with van der Waals surface area (Å²) in [7, 11) is -4.76. The van der Waals surface area contributed by atoms with Gasteiger partial charge in [-0.3, -0.25) is 9.09 Å². The number of fused-ring (bicyclic) bond motifs is 1. The van der Waals surface area contributed by atoms with Crippen molar-refractivity contribution in [3.05, 3.63) is 12.0 Å². The monoisotopic (exact) mass is 495 g/mol. The van der Waals surface area contributed by atoms with Crippen LogP contribution in [0, 0.1) is 0 Å². The third-order valence-electron chi connectivity index (χ3n) is 6.16. The minimum atomic E-state index is -4.76. The number of hydrogen-bond acceptors (Lipinski definition) is 10. The number of imidazole rings is 1. The highest BCUT2D eigenvalue weighted by Crippen LogP contribution is 2.42. The number of nitrogens with zero attached hydrogens (tertiary/aromatic N) is 5. The molecule has 1 aromatic rings. The Morgan fingerprint density at radius 1 is 1.25 bits per heavy atom. The Morgan fingerprint density at radius 3 is 2.41 bits per heavy atom. The second kappa shape index (κ2) is 9.66. The standard InChI is InChI=1S/C17H31N6O7PS/c1-5-23(6-2,7-3)22-14(18)11-15(20-17(22)32-4)21(9-19-11)16-13(25)12(24)10(30-16)8-29-31(26,27)28/h9-10,12-14,16,24-25H,5-8,18H2,1-4H3,(H-,26,27,28)/p+1/t10-,12?,13?,14?,16-/m1/s1. The number of phosphoric ester groups is 1. The largest absolute Gasteiger partial charge is 0.469 e. The number of phosphoric acid groups is 1. The van der Waals surface area contributed by atoms with Gasteiger partial charge in [-0.1, -0.05) is 11.8 Å². The lowest BCUT2D eigenvalue weighted by Crippen LogP contribution is -2.64. The summed E-state index contributed by atoms with van der Waals surface area (Å²) in [5.41, 5.74) is 7.15. The van der Waals surface area contributed by atoms with E-state index in [-0.39, 0.29) is 0 Å². The van der Waals surface area contributed by atoms with E-state index in [9.17, 15) is 14.8 Å². The number of nitrogens with two attached hydrogens (primary N) is 1. The molecule has 0 spiro atoms. The molecule has 13 nitrogen and oxygen atoms in total. The van der Waals surface area contributed by atoms with Crippen LogP contribution in [0.4, 0.5) is 5.82 Å². The molecule has 0 aromatic carbocycles. The zero-order chi connectivity index (χ0) is 23.8. The van der Waals surface area contributed by atoms with Crippen LogP contribution < -0.4 is 5.73 Å². The summed E-state index contributed by atoms with van der Waals surface area (Å²) in [5.74, 6) is 0.396. The topological polar surface area (TPSA) is 176 Å². The number of aliphatic imine (C=N–C) groups is 1. The molecule has 3 rings (SSSR count). The summed E-state index contributed by atoms with van der Waals surface area (Å²) in [4.78, 5) is 27.0. The molecule has 3 heterocycles. The van der Waals surface area contributed by atoms with Crippen molar-refractivity contribution in [2.75, 3.05) is 32.5 Å². The van der Waals surface area contributed by atoms with Crippen LogP contribution in [0.1, 0.15) is 38.9 Å². The van der Waals surface area contributed by atoms with E-state index in [1.807, 2.05) is 11.3 Å². The molecule has 15 heteroatoms.